The van der Waals surface area contributed by atoms with Crippen LogP contribution in [0.3, 0.4) is 0 Å². The van der Waals surface area contributed by atoms with Gasteiger partial charge in [-0.15, -0.1) is 0 Å². The van der Waals surface area contributed by atoms with E-state index in [4.69, 9.17) is 4.74 Å². The van der Waals surface area contributed by atoms with Crippen LogP contribution < -0.4 is 10.1 Å². The highest BCUT2D eigenvalue weighted by molar-refractivity contribution is 6.09. The number of carbonyl (C=O) groups is 1. The van der Waals surface area contributed by atoms with E-state index in [0.29, 0.717) is 24.5 Å². The van der Waals surface area contributed by atoms with Crippen molar-refractivity contribution in [3.05, 3.63) is 36.0 Å². The van der Waals surface area contributed by atoms with Crippen LogP contribution in [0, 0.1) is 0 Å². The summed E-state index contributed by atoms with van der Waals surface area (Å²) in [6.07, 6.45) is 1.71. The summed E-state index contributed by atoms with van der Waals surface area (Å²) in [5, 5.41) is 3.71. The number of hydrogen-bond acceptors (Lipinski definition) is 4. The van der Waals surface area contributed by atoms with Crippen molar-refractivity contribution in [2.24, 2.45) is 0 Å². The first-order chi connectivity index (χ1) is 8.77. The van der Waals surface area contributed by atoms with Gasteiger partial charge in [-0.1, -0.05) is 6.07 Å². The van der Waals surface area contributed by atoms with Crippen molar-refractivity contribution in [2.75, 3.05) is 20.2 Å². The molecule has 2 rings (SSSR count). The first-order valence-corrected chi connectivity index (χ1v) is 5.96. The lowest BCUT2D eigenvalue weighted by Gasteiger charge is -2.10. The Labute approximate surface area is 106 Å². The van der Waals surface area contributed by atoms with Gasteiger partial charge in [0.15, 0.2) is 5.78 Å². The third kappa shape index (κ3) is 2.33. The molecule has 0 bridgehead atoms. The van der Waals surface area contributed by atoms with Gasteiger partial charge in [0.05, 0.1) is 13.2 Å². The topological polar surface area (TPSA) is 51.2 Å². The number of hydrogen-bond donors (Lipinski definition) is 1. The fourth-order valence-electron chi connectivity index (χ4n) is 1.92. The maximum atomic E-state index is 12.0. The number of nitrogens with one attached hydrogen (secondary N) is 1. The molecule has 0 aliphatic carbocycles. The minimum Gasteiger partial charge on any atom is -0.492 e. The summed E-state index contributed by atoms with van der Waals surface area (Å²) in [5.41, 5.74) is 1.41. The van der Waals surface area contributed by atoms with Crippen molar-refractivity contribution in [3.8, 4) is 5.75 Å². The van der Waals surface area contributed by atoms with Crippen LogP contribution in [0.15, 0.2) is 30.5 Å². The summed E-state index contributed by atoms with van der Waals surface area (Å²) in [6.45, 7) is 2.82. The lowest BCUT2D eigenvalue weighted by molar-refractivity contribution is 0.0995. The Morgan fingerprint density at radius 3 is 2.94 bits per heavy atom. The normalized spacial score (nSPS) is 10.6. The Hall–Kier alpha value is -1.94. The molecule has 0 saturated heterocycles. The lowest BCUT2D eigenvalue weighted by Crippen LogP contribution is -2.18. The molecular formula is C14H16N2O2. The van der Waals surface area contributed by atoms with Gasteiger partial charge in [0.1, 0.15) is 11.3 Å². The van der Waals surface area contributed by atoms with E-state index in [0.717, 1.165) is 10.9 Å². The fraction of sp³-hybridized carbons (Fsp3) is 0.286. The van der Waals surface area contributed by atoms with Crippen LogP contribution in [0.1, 0.15) is 17.3 Å². The molecule has 0 atom stereocenters. The highest BCUT2D eigenvalue weighted by atomic mass is 16.5. The summed E-state index contributed by atoms with van der Waals surface area (Å²) in [6, 6.07) is 7.33. The number of aromatic nitrogens is 1. The van der Waals surface area contributed by atoms with E-state index in [1.165, 1.54) is 0 Å². The molecule has 1 N–H and O–H groups in total. The minimum absolute atomic E-state index is 0.0542. The third-order valence-electron chi connectivity index (χ3n) is 2.67. The molecule has 4 nitrogen and oxygen atoms in total. The molecule has 1 aromatic carbocycles. The van der Waals surface area contributed by atoms with Crippen LogP contribution in [-0.4, -0.2) is 31.0 Å². The molecule has 0 saturated carbocycles. The second-order valence-corrected chi connectivity index (χ2v) is 3.90. The van der Waals surface area contributed by atoms with Crippen LogP contribution in [-0.2, 0) is 0 Å². The average molecular weight is 244 g/mol. The molecule has 0 amide bonds. The number of ether oxygens (including phenoxy) is 1. The van der Waals surface area contributed by atoms with Crippen molar-refractivity contribution in [3.63, 3.8) is 0 Å². The van der Waals surface area contributed by atoms with Crippen LogP contribution in [0.25, 0.3) is 10.9 Å². The van der Waals surface area contributed by atoms with Crippen LogP contribution in [0.4, 0.5) is 0 Å². The summed E-state index contributed by atoms with van der Waals surface area (Å²) in [7, 11) is 1.76. The minimum atomic E-state index is 0.0542. The highest BCUT2D eigenvalue weighted by Gasteiger charge is 2.12. The molecule has 0 unspecified atom stereocenters. The molecule has 94 valence electrons. The van der Waals surface area contributed by atoms with E-state index in [1.807, 2.05) is 25.1 Å². The van der Waals surface area contributed by atoms with Crippen molar-refractivity contribution < 1.29 is 9.53 Å². The predicted molar refractivity (Wildman–Crippen MR) is 71.2 cm³/mol. The van der Waals surface area contributed by atoms with Crippen molar-refractivity contribution in [1.82, 2.24) is 10.3 Å². The number of ketones is 1. The number of carbonyl (C=O) groups excluding carboxylic acids is 1. The molecule has 0 spiro atoms. The SMILES string of the molecule is CCOc1ccc(C(=O)CNC)c2cccnc12. The number of pyridine rings is 1. The fourth-order valence-corrected chi connectivity index (χ4v) is 1.92. The molecular weight excluding hydrogens is 228 g/mol. The van der Waals surface area contributed by atoms with Crippen LogP contribution in [0.2, 0.25) is 0 Å². The molecule has 2 aromatic rings. The Morgan fingerprint density at radius 2 is 2.22 bits per heavy atom. The van der Waals surface area contributed by atoms with E-state index >= 15 is 0 Å². The van der Waals surface area contributed by atoms with E-state index in [1.54, 1.807) is 19.3 Å². The van der Waals surface area contributed by atoms with E-state index < -0.39 is 0 Å². The Balaban J connectivity index is 2.57. The van der Waals surface area contributed by atoms with E-state index in [9.17, 15) is 4.79 Å². The highest BCUT2D eigenvalue weighted by Crippen LogP contribution is 2.26. The number of Topliss-reactive ketones (excluding diaryl/α,β-unsaturated/α-hetero) is 1. The zero-order valence-corrected chi connectivity index (χ0v) is 10.6. The summed E-state index contributed by atoms with van der Waals surface area (Å²) in [5.74, 6) is 0.771. The Morgan fingerprint density at radius 1 is 1.39 bits per heavy atom. The first kappa shape index (κ1) is 12.5. The number of likely N-dealkylation sites (N-methyl/N-ethyl adjacent to an activating group) is 1. The Bertz CT molecular complexity index is 567. The maximum absolute atomic E-state index is 12.0. The van der Waals surface area contributed by atoms with Gasteiger partial charge in [0.2, 0.25) is 0 Å². The predicted octanol–water partition coefficient (Wildman–Crippen LogP) is 2.04. The molecule has 0 aliphatic rings. The van der Waals surface area contributed by atoms with Crippen molar-refractivity contribution in [2.45, 2.75) is 6.92 Å². The summed E-state index contributed by atoms with van der Waals surface area (Å²) < 4.78 is 5.52. The van der Waals surface area contributed by atoms with Gasteiger partial charge in [0, 0.05) is 17.1 Å². The second kappa shape index (κ2) is 5.60. The van der Waals surface area contributed by atoms with E-state index in [-0.39, 0.29) is 5.78 Å². The number of nitrogens with zero attached hydrogens (tertiary/aromatic N) is 1. The second-order valence-electron chi connectivity index (χ2n) is 3.90. The largest absolute Gasteiger partial charge is 0.492 e. The van der Waals surface area contributed by atoms with Crippen molar-refractivity contribution in [1.29, 1.82) is 0 Å². The maximum Gasteiger partial charge on any atom is 0.177 e. The summed E-state index contributed by atoms with van der Waals surface area (Å²) in [4.78, 5) is 16.3. The lowest BCUT2D eigenvalue weighted by atomic mass is 10.0. The molecule has 18 heavy (non-hydrogen) atoms. The summed E-state index contributed by atoms with van der Waals surface area (Å²) >= 11 is 0. The van der Waals surface area contributed by atoms with E-state index in [2.05, 4.69) is 10.3 Å². The van der Waals surface area contributed by atoms with Gasteiger partial charge in [-0.2, -0.15) is 0 Å². The van der Waals surface area contributed by atoms with Gasteiger partial charge in [0.25, 0.3) is 0 Å². The average Bonchev–Trinajstić information content (AvgIpc) is 2.39. The van der Waals surface area contributed by atoms with Gasteiger partial charge >= 0.3 is 0 Å². The first-order valence-electron chi connectivity index (χ1n) is 5.96. The zero-order chi connectivity index (χ0) is 13.0. The molecule has 1 aromatic heterocycles. The molecule has 0 fully saturated rings. The molecule has 0 aliphatic heterocycles. The van der Waals surface area contributed by atoms with Gasteiger partial charge in [-0.3, -0.25) is 9.78 Å². The smallest absolute Gasteiger partial charge is 0.177 e. The monoisotopic (exact) mass is 244 g/mol. The van der Waals surface area contributed by atoms with Crippen LogP contribution >= 0.6 is 0 Å². The number of rotatable bonds is 5. The number of benzene rings is 1. The molecule has 4 heteroatoms. The zero-order valence-electron chi connectivity index (χ0n) is 10.6. The standard InChI is InChI=1S/C14H16N2O2/c1-3-18-13-7-6-10(12(17)9-15-2)11-5-4-8-16-14(11)13/h4-8,15H,3,9H2,1-2H3. The van der Waals surface area contributed by atoms with Gasteiger partial charge in [-0.25, -0.2) is 0 Å². The van der Waals surface area contributed by atoms with Gasteiger partial charge in [-0.05, 0) is 32.2 Å². The molecule has 1 heterocycles. The number of fused-ring (bicyclic) bond motifs is 1. The quantitative estimate of drug-likeness (QED) is 0.818. The Kier molecular flexibility index (Phi) is 3.89. The third-order valence-corrected chi connectivity index (χ3v) is 2.67. The van der Waals surface area contributed by atoms with Gasteiger partial charge < -0.3 is 10.1 Å². The van der Waals surface area contributed by atoms with Crippen LogP contribution in [0.5, 0.6) is 5.75 Å². The van der Waals surface area contributed by atoms with Crippen molar-refractivity contribution >= 4 is 16.7 Å². The molecule has 0 radical (unpaired) electrons.